The lowest BCUT2D eigenvalue weighted by Crippen LogP contribution is -2.41. The average molecular weight is 496 g/mol. The fraction of sp³-hybridized carbons (Fsp3) is 0.167. The van der Waals surface area contributed by atoms with E-state index in [0.717, 1.165) is 11.1 Å². The van der Waals surface area contributed by atoms with E-state index < -0.39 is 6.04 Å². The van der Waals surface area contributed by atoms with Crippen molar-refractivity contribution in [1.82, 2.24) is 9.88 Å². The van der Waals surface area contributed by atoms with Crippen molar-refractivity contribution in [3.63, 3.8) is 0 Å². The van der Waals surface area contributed by atoms with Crippen LogP contribution < -0.4 is 14.8 Å². The minimum Gasteiger partial charge on any atom is -0.497 e. The molecule has 1 aromatic heterocycles. The minimum atomic E-state index is -0.988. The number of amides is 2. The summed E-state index contributed by atoms with van der Waals surface area (Å²) >= 11 is 0. The highest BCUT2D eigenvalue weighted by atomic mass is 16.5. The average Bonchev–Trinajstić information content (AvgIpc) is 2.94. The van der Waals surface area contributed by atoms with Gasteiger partial charge in [-0.15, -0.1) is 0 Å². The highest BCUT2D eigenvalue weighted by molar-refractivity contribution is 6.01. The quantitative estimate of drug-likeness (QED) is 0.335. The number of hydrogen-bond donors (Lipinski definition) is 1. The van der Waals surface area contributed by atoms with Crippen LogP contribution in [0.25, 0.3) is 0 Å². The van der Waals surface area contributed by atoms with E-state index in [1.165, 1.54) is 0 Å². The Hall–Kier alpha value is -4.65. The van der Waals surface area contributed by atoms with Crippen LogP contribution in [0.4, 0.5) is 5.69 Å². The molecular formula is C30H29N3O4. The number of carbonyl (C=O) groups is 2. The predicted molar refractivity (Wildman–Crippen MR) is 143 cm³/mol. The van der Waals surface area contributed by atoms with E-state index in [0.29, 0.717) is 28.4 Å². The summed E-state index contributed by atoms with van der Waals surface area (Å²) in [7, 11) is 3.16. The largest absolute Gasteiger partial charge is 0.497 e. The lowest BCUT2D eigenvalue weighted by Gasteiger charge is -2.31. The van der Waals surface area contributed by atoms with Gasteiger partial charge in [0.2, 0.25) is 0 Å². The highest BCUT2D eigenvalue weighted by Gasteiger charge is 2.33. The Morgan fingerprint density at radius 3 is 2.16 bits per heavy atom. The van der Waals surface area contributed by atoms with E-state index in [2.05, 4.69) is 10.3 Å². The molecule has 7 heteroatoms. The Labute approximate surface area is 216 Å². The molecule has 0 spiro atoms. The van der Waals surface area contributed by atoms with E-state index >= 15 is 0 Å². The van der Waals surface area contributed by atoms with Gasteiger partial charge in [0.25, 0.3) is 11.8 Å². The van der Waals surface area contributed by atoms with Gasteiger partial charge in [-0.1, -0.05) is 36.4 Å². The number of aromatic nitrogens is 1. The minimum absolute atomic E-state index is 0.210. The lowest BCUT2D eigenvalue weighted by atomic mass is 10.0. The molecule has 0 aliphatic rings. The second kappa shape index (κ2) is 11.9. The van der Waals surface area contributed by atoms with Crippen molar-refractivity contribution in [2.75, 3.05) is 19.5 Å². The van der Waals surface area contributed by atoms with Gasteiger partial charge in [0.1, 0.15) is 11.5 Å². The van der Waals surface area contributed by atoms with Crippen LogP contribution in [0, 0.1) is 6.92 Å². The van der Waals surface area contributed by atoms with E-state index in [1.807, 2.05) is 43.3 Å². The Balaban J connectivity index is 1.76. The smallest absolute Gasteiger partial charge is 0.255 e. The number of benzene rings is 3. The van der Waals surface area contributed by atoms with E-state index in [4.69, 9.17) is 9.47 Å². The van der Waals surface area contributed by atoms with E-state index in [1.54, 1.807) is 79.9 Å². The summed E-state index contributed by atoms with van der Waals surface area (Å²) in [5, 5.41) is 3.00. The number of rotatable bonds is 9. The van der Waals surface area contributed by atoms with Crippen LogP contribution in [0.5, 0.6) is 11.5 Å². The molecule has 3 aromatic carbocycles. The molecule has 188 valence electrons. The molecule has 0 aliphatic heterocycles. The normalized spacial score (nSPS) is 11.3. The van der Waals surface area contributed by atoms with Crippen molar-refractivity contribution in [3.8, 4) is 11.5 Å². The monoisotopic (exact) mass is 495 g/mol. The van der Waals surface area contributed by atoms with E-state index in [-0.39, 0.29) is 18.4 Å². The van der Waals surface area contributed by atoms with Crippen molar-refractivity contribution in [1.29, 1.82) is 0 Å². The van der Waals surface area contributed by atoms with Crippen LogP contribution in [-0.2, 0) is 11.3 Å². The first-order chi connectivity index (χ1) is 18.0. The topological polar surface area (TPSA) is 80.8 Å². The summed E-state index contributed by atoms with van der Waals surface area (Å²) in [4.78, 5) is 33.8. The number of aryl methyl sites for hydroxylation is 1. The molecule has 7 nitrogen and oxygen atoms in total. The van der Waals surface area contributed by atoms with Crippen molar-refractivity contribution >= 4 is 17.5 Å². The predicted octanol–water partition coefficient (Wildman–Crippen LogP) is 5.43. The molecule has 4 rings (SSSR count). The zero-order valence-electron chi connectivity index (χ0n) is 21.0. The Kier molecular flexibility index (Phi) is 8.15. The molecular weight excluding hydrogens is 466 g/mol. The zero-order valence-corrected chi connectivity index (χ0v) is 21.0. The number of nitrogens with zero attached hydrogens (tertiary/aromatic N) is 2. The Bertz CT molecular complexity index is 1340. The molecule has 4 aromatic rings. The summed E-state index contributed by atoms with van der Waals surface area (Å²) < 4.78 is 10.5. The second-order valence-corrected chi connectivity index (χ2v) is 8.47. The Morgan fingerprint density at radius 2 is 1.54 bits per heavy atom. The third kappa shape index (κ3) is 6.13. The van der Waals surface area contributed by atoms with Gasteiger partial charge in [0.15, 0.2) is 6.04 Å². The molecule has 0 radical (unpaired) electrons. The molecule has 0 aliphatic carbocycles. The molecule has 0 saturated heterocycles. The number of carbonyl (C=O) groups excluding carboxylic acids is 2. The Morgan fingerprint density at radius 1 is 0.865 bits per heavy atom. The first-order valence-corrected chi connectivity index (χ1v) is 11.9. The molecule has 0 saturated carbocycles. The molecule has 0 fully saturated rings. The fourth-order valence-electron chi connectivity index (χ4n) is 4.04. The second-order valence-electron chi connectivity index (χ2n) is 8.47. The van der Waals surface area contributed by atoms with Crippen LogP contribution in [0.2, 0.25) is 0 Å². The first-order valence-electron chi connectivity index (χ1n) is 11.9. The number of hydrogen-bond acceptors (Lipinski definition) is 5. The van der Waals surface area contributed by atoms with Crippen LogP contribution in [-0.4, -0.2) is 35.9 Å². The maximum Gasteiger partial charge on any atom is 0.255 e. The fourth-order valence-corrected chi connectivity index (χ4v) is 4.04. The van der Waals surface area contributed by atoms with Gasteiger partial charge >= 0.3 is 0 Å². The summed E-state index contributed by atoms with van der Waals surface area (Å²) in [6, 6.07) is 26.2. The number of pyridine rings is 1. The molecule has 0 bridgehead atoms. The third-order valence-electron chi connectivity index (χ3n) is 6.01. The number of ether oxygens (including phenoxy) is 2. The van der Waals surface area contributed by atoms with Crippen LogP contribution >= 0.6 is 0 Å². The van der Waals surface area contributed by atoms with Gasteiger partial charge in [-0.2, -0.15) is 0 Å². The van der Waals surface area contributed by atoms with Crippen LogP contribution in [0.3, 0.4) is 0 Å². The maximum absolute atomic E-state index is 13.9. The lowest BCUT2D eigenvalue weighted by molar-refractivity contribution is -0.121. The summed E-state index contributed by atoms with van der Waals surface area (Å²) in [6.07, 6.45) is 1.62. The molecule has 37 heavy (non-hydrogen) atoms. The van der Waals surface area contributed by atoms with Crippen molar-refractivity contribution in [3.05, 3.63) is 120 Å². The summed E-state index contributed by atoms with van der Waals surface area (Å²) in [5.41, 5.74) is 3.25. The summed E-state index contributed by atoms with van der Waals surface area (Å²) in [5.74, 6) is 0.658. The highest BCUT2D eigenvalue weighted by Crippen LogP contribution is 2.28. The third-order valence-corrected chi connectivity index (χ3v) is 6.01. The molecule has 1 atom stereocenters. The molecule has 1 N–H and O–H groups in total. The molecule has 1 heterocycles. The van der Waals surface area contributed by atoms with Crippen LogP contribution in [0.1, 0.15) is 33.2 Å². The van der Waals surface area contributed by atoms with Gasteiger partial charge in [-0.3, -0.25) is 14.6 Å². The number of methoxy groups -OCH3 is 2. The number of anilines is 1. The van der Waals surface area contributed by atoms with Gasteiger partial charge in [-0.25, -0.2) is 0 Å². The van der Waals surface area contributed by atoms with Gasteiger partial charge in [0.05, 0.1) is 19.9 Å². The maximum atomic E-state index is 13.9. The van der Waals surface area contributed by atoms with Gasteiger partial charge in [0, 0.05) is 24.0 Å². The van der Waals surface area contributed by atoms with Crippen molar-refractivity contribution in [2.24, 2.45) is 0 Å². The van der Waals surface area contributed by atoms with Crippen LogP contribution in [0.15, 0.2) is 97.2 Å². The van der Waals surface area contributed by atoms with Crippen molar-refractivity contribution in [2.45, 2.75) is 19.5 Å². The van der Waals surface area contributed by atoms with Crippen molar-refractivity contribution < 1.29 is 19.1 Å². The summed E-state index contributed by atoms with van der Waals surface area (Å²) in [6.45, 7) is 2.10. The zero-order chi connectivity index (χ0) is 26.2. The SMILES string of the molecule is COc1ccc(C(=O)N(Cc2ccccc2)C(C(=O)Nc2ccc(OC)cc2C)c2ccccn2)cc1. The van der Waals surface area contributed by atoms with E-state index in [9.17, 15) is 9.59 Å². The molecule has 2 amide bonds. The molecule has 1 unspecified atom stereocenters. The first kappa shape index (κ1) is 25.4. The van der Waals surface area contributed by atoms with Gasteiger partial charge in [-0.05, 0) is 72.6 Å². The number of nitrogens with one attached hydrogen (secondary N) is 1. The van der Waals surface area contributed by atoms with Gasteiger partial charge < -0.3 is 19.7 Å². The standard InChI is InChI=1S/C30H29N3O4/c1-21-19-25(37-3)16-17-26(21)32-29(34)28(27-11-7-8-18-31-27)33(20-22-9-5-4-6-10-22)30(35)23-12-14-24(36-2)15-13-23/h4-19,28H,20H2,1-3H3,(H,32,34).